The van der Waals surface area contributed by atoms with Gasteiger partial charge in [0, 0.05) is 22.5 Å². The van der Waals surface area contributed by atoms with Crippen LogP contribution >= 0.6 is 12.2 Å². The monoisotopic (exact) mass is 324 g/mol. The van der Waals surface area contributed by atoms with Crippen LogP contribution in [0.4, 0.5) is 5.69 Å². The molecule has 0 radical (unpaired) electrons. The number of rotatable bonds is 4. The van der Waals surface area contributed by atoms with Crippen LogP contribution in [0.3, 0.4) is 0 Å². The zero-order chi connectivity index (χ0) is 16.9. The molecule has 2 N–H and O–H groups in total. The molecule has 0 fully saturated rings. The first kappa shape index (κ1) is 17.2. The van der Waals surface area contributed by atoms with Crippen LogP contribution in [0.15, 0.2) is 66.4 Å². The van der Waals surface area contributed by atoms with Gasteiger partial charge >= 0.3 is 0 Å². The van der Waals surface area contributed by atoms with E-state index in [-0.39, 0.29) is 5.54 Å². The molecule has 0 atom stereocenters. The topological polar surface area (TPSA) is 24.1 Å². The lowest BCUT2D eigenvalue weighted by Crippen LogP contribution is -2.40. The van der Waals surface area contributed by atoms with Crippen LogP contribution in [0.1, 0.15) is 33.3 Å². The molecular formula is C20H24N2S. The lowest BCUT2D eigenvalue weighted by atomic mass is 10.0. The third-order valence-electron chi connectivity index (χ3n) is 3.26. The van der Waals surface area contributed by atoms with E-state index in [1.807, 2.05) is 48.5 Å². The van der Waals surface area contributed by atoms with Crippen LogP contribution in [0.25, 0.3) is 5.57 Å². The van der Waals surface area contributed by atoms with E-state index >= 15 is 0 Å². The first-order valence-electron chi connectivity index (χ1n) is 7.78. The van der Waals surface area contributed by atoms with Gasteiger partial charge in [0.05, 0.1) is 0 Å². The molecule has 23 heavy (non-hydrogen) atoms. The van der Waals surface area contributed by atoms with Gasteiger partial charge in [-0.05, 0) is 45.4 Å². The van der Waals surface area contributed by atoms with Gasteiger partial charge in [-0.3, -0.25) is 0 Å². The molecule has 0 aliphatic heterocycles. The molecular weight excluding hydrogens is 300 g/mol. The van der Waals surface area contributed by atoms with E-state index in [0.29, 0.717) is 0 Å². The molecule has 0 heterocycles. The number of hydrogen-bond donors (Lipinski definition) is 2. The smallest absolute Gasteiger partial charge is 0.109 e. The molecule has 0 bridgehead atoms. The third kappa shape index (κ3) is 5.22. The summed E-state index contributed by atoms with van der Waals surface area (Å²) in [5.41, 5.74) is 4.14. The summed E-state index contributed by atoms with van der Waals surface area (Å²) in [6.45, 7) is 8.40. The second kappa shape index (κ2) is 7.42. The fourth-order valence-electron chi connectivity index (χ4n) is 2.33. The molecule has 0 saturated heterocycles. The van der Waals surface area contributed by atoms with E-state index in [0.717, 1.165) is 27.5 Å². The molecule has 120 valence electrons. The van der Waals surface area contributed by atoms with Crippen LogP contribution in [0, 0.1) is 0 Å². The Morgan fingerprint density at radius 3 is 1.91 bits per heavy atom. The van der Waals surface area contributed by atoms with Crippen molar-refractivity contribution in [1.29, 1.82) is 0 Å². The van der Waals surface area contributed by atoms with Crippen LogP contribution in [0.5, 0.6) is 0 Å². The van der Waals surface area contributed by atoms with E-state index in [2.05, 4.69) is 50.5 Å². The molecule has 2 nitrogen and oxygen atoms in total. The quantitative estimate of drug-likeness (QED) is 0.593. The first-order valence-corrected chi connectivity index (χ1v) is 8.18. The van der Waals surface area contributed by atoms with Gasteiger partial charge in [0.1, 0.15) is 4.99 Å². The van der Waals surface area contributed by atoms with E-state index in [9.17, 15) is 0 Å². The summed E-state index contributed by atoms with van der Waals surface area (Å²) in [4.78, 5) is 0.754. The SMILES string of the molecule is C/C(Nc1ccccc1)=C(/C(=S)NC(C)(C)C)c1ccccc1. The Labute approximate surface area is 144 Å². The number of anilines is 1. The van der Waals surface area contributed by atoms with Crippen LogP contribution < -0.4 is 10.6 Å². The molecule has 0 aliphatic rings. The fraction of sp³-hybridized carbons (Fsp3) is 0.250. The average Bonchev–Trinajstić information content (AvgIpc) is 2.47. The van der Waals surface area contributed by atoms with Gasteiger partial charge in [0.25, 0.3) is 0 Å². The Kier molecular flexibility index (Phi) is 5.56. The minimum atomic E-state index is -0.0792. The van der Waals surface area contributed by atoms with Crippen molar-refractivity contribution in [3.05, 3.63) is 71.9 Å². The van der Waals surface area contributed by atoms with E-state index in [4.69, 9.17) is 12.2 Å². The Hall–Kier alpha value is -2.13. The van der Waals surface area contributed by atoms with Crippen molar-refractivity contribution in [2.24, 2.45) is 0 Å². The molecule has 0 aromatic heterocycles. The van der Waals surface area contributed by atoms with Crippen molar-refractivity contribution in [1.82, 2.24) is 5.32 Å². The molecule has 2 aromatic carbocycles. The molecule has 0 saturated carbocycles. The molecule has 2 aromatic rings. The van der Waals surface area contributed by atoms with Gasteiger partial charge in [0.15, 0.2) is 0 Å². The normalized spacial score (nSPS) is 12.3. The van der Waals surface area contributed by atoms with Crippen molar-refractivity contribution in [2.75, 3.05) is 5.32 Å². The van der Waals surface area contributed by atoms with Gasteiger partial charge in [-0.15, -0.1) is 0 Å². The zero-order valence-corrected chi connectivity index (χ0v) is 15.0. The maximum Gasteiger partial charge on any atom is 0.109 e. The summed E-state index contributed by atoms with van der Waals surface area (Å²) >= 11 is 5.69. The van der Waals surface area contributed by atoms with E-state index in [1.165, 1.54) is 0 Å². The van der Waals surface area contributed by atoms with Gasteiger partial charge in [-0.25, -0.2) is 0 Å². The van der Waals surface area contributed by atoms with E-state index < -0.39 is 0 Å². The van der Waals surface area contributed by atoms with Crippen molar-refractivity contribution in [2.45, 2.75) is 33.2 Å². The summed E-state index contributed by atoms with van der Waals surface area (Å²) in [5, 5.41) is 6.88. The summed E-state index contributed by atoms with van der Waals surface area (Å²) in [5.74, 6) is 0. The second-order valence-corrected chi connectivity index (χ2v) is 6.97. The second-order valence-electron chi connectivity index (χ2n) is 6.56. The number of nitrogens with one attached hydrogen (secondary N) is 2. The molecule has 0 unspecified atom stereocenters. The highest BCUT2D eigenvalue weighted by molar-refractivity contribution is 7.81. The van der Waals surface area contributed by atoms with Crippen molar-refractivity contribution < 1.29 is 0 Å². The highest BCUT2D eigenvalue weighted by Gasteiger charge is 2.17. The summed E-state index contributed by atoms with van der Waals surface area (Å²) in [7, 11) is 0. The molecule has 0 spiro atoms. The summed E-state index contributed by atoms with van der Waals surface area (Å²) in [6.07, 6.45) is 0. The first-order chi connectivity index (χ1) is 10.9. The zero-order valence-electron chi connectivity index (χ0n) is 14.2. The Bertz CT molecular complexity index is 683. The lowest BCUT2D eigenvalue weighted by molar-refractivity contribution is 0.517. The standard InChI is InChI=1S/C20H24N2S/c1-15(21-17-13-9-6-10-14-17)18(16-11-7-5-8-12-16)19(23)22-20(2,3)4/h5-14,21H,1-4H3,(H,22,23)/b18-15-. The number of allylic oxidation sites excluding steroid dienone is 1. The molecule has 0 amide bonds. The predicted octanol–water partition coefficient (Wildman–Crippen LogP) is 5.25. The lowest BCUT2D eigenvalue weighted by Gasteiger charge is -2.25. The third-order valence-corrected chi connectivity index (χ3v) is 3.56. The number of para-hydroxylation sites is 1. The van der Waals surface area contributed by atoms with Gasteiger partial charge in [0.2, 0.25) is 0 Å². The summed E-state index contributed by atoms with van der Waals surface area (Å²) < 4.78 is 0. The van der Waals surface area contributed by atoms with Crippen LogP contribution in [-0.2, 0) is 0 Å². The molecule has 0 aliphatic carbocycles. The highest BCUT2D eigenvalue weighted by Crippen LogP contribution is 2.22. The fourth-order valence-corrected chi connectivity index (χ4v) is 2.90. The largest absolute Gasteiger partial charge is 0.371 e. The number of benzene rings is 2. The van der Waals surface area contributed by atoms with Gasteiger partial charge in [-0.1, -0.05) is 60.7 Å². The predicted molar refractivity (Wildman–Crippen MR) is 105 cm³/mol. The maximum atomic E-state index is 5.69. The Morgan fingerprint density at radius 2 is 1.39 bits per heavy atom. The molecule has 2 rings (SSSR count). The Morgan fingerprint density at radius 1 is 0.870 bits per heavy atom. The molecule has 3 heteroatoms. The minimum Gasteiger partial charge on any atom is -0.371 e. The van der Waals surface area contributed by atoms with Gasteiger partial charge in [-0.2, -0.15) is 0 Å². The van der Waals surface area contributed by atoms with E-state index in [1.54, 1.807) is 0 Å². The van der Waals surface area contributed by atoms with Gasteiger partial charge < -0.3 is 10.6 Å². The maximum absolute atomic E-state index is 5.69. The average molecular weight is 324 g/mol. The van der Waals surface area contributed by atoms with Crippen molar-refractivity contribution in [3.63, 3.8) is 0 Å². The number of thiocarbonyl (C=S) groups is 1. The summed E-state index contributed by atoms with van der Waals surface area (Å²) in [6, 6.07) is 20.4. The highest BCUT2D eigenvalue weighted by atomic mass is 32.1. The van der Waals surface area contributed by atoms with Crippen molar-refractivity contribution >= 4 is 28.5 Å². The minimum absolute atomic E-state index is 0.0792. The van der Waals surface area contributed by atoms with Crippen molar-refractivity contribution in [3.8, 4) is 0 Å². The number of hydrogen-bond acceptors (Lipinski definition) is 2. The Balaban J connectivity index is 2.40. The van der Waals surface area contributed by atoms with Crippen LogP contribution in [-0.4, -0.2) is 10.5 Å². The van der Waals surface area contributed by atoms with Crippen LogP contribution in [0.2, 0.25) is 0 Å².